The van der Waals surface area contributed by atoms with Gasteiger partial charge in [-0.2, -0.15) is 4.31 Å². The summed E-state index contributed by atoms with van der Waals surface area (Å²) < 4.78 is 25.4. The summed E-state index contributed by atoms with van der Waals surface area (Å²) in [5, 5.41) is 2.85. The van der Waals surface area contributed by atoms with Crippen LogP contribution in [-0.4, -0.2) is 55.5 Å². The molecule has 8 heteroatoms. The van der Waals surface area contributed by atoms with Gasteiger partial charge in [0.25, 0.3) is 5.91 Å². The van der Waals surface area contributed by atoms with E-state index in [-0.39, 0.29) is 11.7 Å². The van der Waals surface area contributed by atoms with Crippen molar-refractivity contribution in [3.63, 3.8) is 0 Å². The van der Waals surface area contributed by atoms with Crippen LogP contribution in [0.2, 0.25) is 0 Å². The maximum absolute atomic E-state index is 12.1. The van der Waals surface area contributed by atoms with Crippen molar-refractivity contribution in [1.29, 1.82) is 0 Å². The molecule has 2 heterocycles. The molecule has 1 aromatic carbocycles. The molecule has 1 fully saturated rings. The van der Waals surface area contributed by atoms with Crippen molar-refractivity contribution in [2.45, 2.75) is 6.92 Å². The molecule has 3 rings (SSSR count). The molecule has 1 amide bonds. The van der Waals surface area contributed by atoms with Crippen LogP contribution in [0, 0.1) is 0 Å². The van der Waals surface area contributed by atoms with Gasteiger partial charge < -0.3 is 10.2 Å². The van der Waals surface area contributed by atoms with Crippen LogP contribution in [0.3, 0.4) is 0 Å². The molecule has 1 aliphatic heterocycles. The van der Waals surface area contributed by atoms with Crippen LogP contribution in [0.15, 0.2) is 48.8 Å². The average molecular weight is 374 g/mol. The Kier molecular flexibility index (Phi) is 5.53. The number of carbonyl (C=O) groups excluding carboxylic acids is 1. The number of piperazine rings is 1. The first-order chi connectivity index (χ1) is 12.5. The zero-order chi connectivity index (χ0) is 18.6. The van der Waals surface area contributed by atoms with E-state index in [1.807, 2.05) is 24.3 Å². The molecule has 2 aromatic rings. The van der Waals surface area contributed by atoms with Crippen LogP contribution < -0.4 is 10.2 Å². The van der Waals surface area contributed by atoms with Gasteiger partial charge in [0, 0.05) is 55.5 Å². The van der Waals surface area contributed by atoms with E-state index in [1.54, 1.807) is 35.8 Å². The number of carbonyl (C=O) groups is 1. The highest BCUT2D eigenvalue weighted by Crippen LogP contribution is 2.21. The number of sulfonamides is 1. The molecule has 1 saturated heterocycles. The molecule has 1 aliphatic rings. The fourth-order valence-corrected chi connectivity index (χ4v) is 3.95. The molecule has 26 heavy (non-hydrogen) atoms. The number of amides is 1. The maximum Gasteiger partial charge on any atom is 0.255 e. The van der Waals surface area contributed by atoms with Gasteiger partial charge in [-0.05, 0) is 43.3 Å². The molecular weight excluding hydrogens is 352 g/mol. The van der Waals surface area contributed by atoms with Crippen molar-refractivity contribution < 1.29 is 13.2 Å². The number of nitrogens with zero attached hydrogens (tertiary/aromatic N) is 3. The zero-order valence-electron chi connectivity index (χ0n) is 14.6. The van der Waals surface area contributed by atoms with Crippen molar-refractivity contribution in [2.75, 3.05) is 42.1 Å². The number of hydrogen-bond acceptors (Lipinski definition) is 5. The highest BCUT2D eigenvalue weighted by Gasteiger charge is 2.25. The summed E-state index contributed by atoms with van der Waals surface area (Å²) in [4.78, 5) is 18.2. The Morgan fingerprint density at radius 1 is 1.04 bits per heavy atom. The molecule has 0 radical (unpaired) electrons. The molecule has 138 valence electrons. The van der Waals surface area contributed by atoms with E-state index in [9.17, 15) is 13.2 Å². The van der Waals surface area contributed by atoms with Gasteiger partial charge in [-0.1, -0.05) is 0 Å². The normalized spacial score (nSPS) is 15.7. The van der Waals surface area contributed by atoms with Gasteiger partial charge in [-0.25, -0.2) is 8.42 Å². The van der Waals surface area contributed by atoms with Crippen molar-refractivity contribution in [3.8, 4) is 0 Å². The summed E-state index contributed by atoms with van der Waals surface area (Å²) in [6.07, 6.45) is 3.16. The lowest BCUT2D eigenvalue weighted by atomic mass is 10.2. The number of pyridine rings is 1. The second kappa shape index (κ2) is 7.84. The predicted molar refractivity (Wildman–Crippen MR) is 102 cm³/mol. The lowest BCUT2D eigenvalue weighted by Gasteiger charge is -2.35. The molecule has 0 aliphatic carbocycles. The summed E-state index contributed by atoms with van der Waals surface area (Å²) in [6, 6.07) is 10.9. The molecule has 1 aromatic heterocycles. The number of anilines is 2. The third-order valence-electron chi connectivity index (χ3n) is 4.43. The first kappa shape index (κ1) is 18.3. The molecular formula is C18H22N4O3S. The van der Waals surface area contributed by atoms with Crippen LogP contribution in [0.1, 0.15) is 17.3 Å². The Balaban J connectivity index is 1.59. The third kappa shape index (κ3) is 4.20. The third-order valence-corrected chi connectivity index (χ3v) is 6.31. The molecule has 1 N–H and O–H groups in total. The van der Waals surface area contributed by atoms with Crippen molar-refractivity contribution in [1.82, 2.24) is 9.29 Å². The zero-order valence-corrected chi connectivity index (χ0v) is 15.4. The van der Waals surface area contributed by atoms with Gasteiger partial charge in [0.1, 0.15) is 0 Å². The highest BCUT2D eigenvalue weighted by atomic mass is 32.2. The molecule has 0 unspecified atom stereocenters. The van der Waals surface area contributed by atoms with Gasteiger partial charge in [-0.15, -0.1) is 0 Å². The largest absolute Gasteiger partial charge is 0.369 e. The van der Waals surface area contributed by atoms with Crippen molar-refractivity contribution >= 4 is 27.3 Å². The van der Waals surface area contributed by atoms with Crippen molar-refractivity contribution in [2.24, 2.45) is 0 Å². The van der Waals surface area contributed by atoms with E-state index in [1.165, 1.54) is 0 Å². The lowest BCUT2D eigenvalue weighted by molar-refractivity contribution is 0.102. The second-order valence-electron chi connectivity index (χ2n) is 6.02. The van der Waals surface area contributed by atoms with Crippen LogP contribution in [0.5, 0.6) is 0 Å². The summed E-state index contributed by atoms with van der Waals surface area (Å²) in [5.41, 5.74) is 2.28. The first-order valence-corrected chi connectivity index (χ1v) is 10.1. The Morgan fingerprint density at radius 3 is 2.23 bits per heavy atom. The van der Waals surface area contributed by atoms with Crippen LogP contribution >= 0.6 is 0 Å². The Morgan fingerprint density at radius 2 is 1.65 bits per heavy atom. The predicted octanol–water partition coefficient (Wildman–Crippen LogP) is 1.81. The Labute approximate surface area is 153 Å². The number of hydrogen-bond donors (Lipinski definition) is 1. The first-order valence-electron chi connectivity index (χ1n) is 8.54. The summed E-state index contributed by atoms with van der Waals surface area (Å²) in [7, 11) is -3.12. The monoisotopic (exact) mass is 374 g/mol. The maximum atomic E-state index is 12.1. The number of rotatable bonds is 5. The Bertz CT molecular complexity index is 846. The van der Waals surface area contributed by atoms with E-state index in [0.717, 1.165) is 5.69 Å². The second-order valence-corrected chi connectivity index (χ2v) is 8.28. The summed E-state index contributed by atoms with van der Waals surface area (Å²) >= 11 is 0. The quantitative estimate of drug-likeness (QED) is 0.863. The molecule has 0 saturated carbocycles. The number of benzene rings is 1. The Hall–Kier alpha value is -2.45. The molecule has 0 bridgehead atoms. The van der Waals surface area contributed by atoms with Gasteiger partial charge in [0.15, 0.2) is 0 Å². The van der Waals surface area contributed by atoms with Crippen molar-refractivity contribution in [3.05, 3.63) is 54.4 Å². The molecule has 0 spiro atoms. The van der Waals surface area contributed by atoms with Crippen LogP contribution in [0.25, 0.3) is 0 Å². The smallest absolute Gasteiger partial charge is 0.255 e. The minimum absolute atomic E-state index is 0.138. The number of nitrogens with one attached hydrogen (secondary N) is 1. The van der Waals surface area contributed by atoms with E-state index in [0.29, 0.717) is 37.4 Å². The summed E-state index contributed by atoms with van der Waals surface area (Å²) in [5.74, 6) is -0.0441. The standard InChI is InChI=1S/C18H22N4O3S/c1-2-26(24,25)22-13-11-21(12-14-22)17-5-3-16(4-6-17)20-18(23)15-7-9-19-10-8-15/h3-10H,2,11-14H2,1H3,(H,20,23). The average Bonchev–Trinajstić information content (AvgIpc) is 2.69. The van der Waals surface area contributed by atoms with Crippen LogP contribution in [-0.2, 0) is 10.0 Å². The summed E-state index contributed by atoms with van der Waals surface area (Å²) in [6.45, 7) is 3.97. The van der Waals surface area contributed by atoms with Gasteiger partial charge in [-0.3, -0.25) is 9.78 Å². The minimum Gasteiger partial charge on any atom is -0.369 e. The van der Waals surface area contributed by atoms with Gasteiger partial charge in [0.05, 0.1) is 5.75 Å². The topological polar surface area (TPSA) is 82.6 Å². The lowest BCUT2D eigenvalue weighted by Crippen LogP contribution is -2.49. The fraction of sp³-hybridized carbons (Fsp3) is 0.333. The molecule has 7 nitrogen and oxygen atoms in total. The number of aromatic nitrogens is 1. The van der Waals surface area contributed by atoms with E-state index in [4.69, 9.17) is 0 Å². The highest BCUT2D eigenvalue weighted by molar-refractivity contribution is 7.89. The van der Waals surface area contributed by atoms with Gasteiger partial charge in [0.2, 0.25) is 10.0 Å². The fourth-order valence-electron chi connectivity index (χ4n) is 2.87. The van der Waals surface area contributed by atoms with Crippen LogP contribution in [0.4, 0.5) is 11.4 Å². The van der Waals surface area contributed by atoms with E-state index in [2.05, 4.69) is 15.2 Å². The molecule has 0 atom stereocenters. The van der Waals surface area contributed by atoms with E-state index >= 15 is 0 Å². The van der Waals surface area contributed by atoms with E-state index < -0.39 is 10.0 Å². The SMILES string of the molecule is CCS(=O)(=O)N1CCN(c2ccc(NC(=O)c3ccncc3)cc2)CC1. The van der Waals surface area contributed by atoms with Gasteiger partial charge >= 0.3 is 0 Å². The minimum atomic E-state index is -3.12.